The summed E-state index contributed by atoms with van der Waals surface area (Å²) in [6.45, 7) is 14.1. The molecule has 42 heavy (non-hydrogen) atoms. The number of allylic oxidation sites excluding steroid dienone is 2. The molecule has 0 saturated carbocycles. The number of hydrogen-bond donors (Lipinski definition) is 1. The SMILES string of the molecule is CC(=O)/C=C(/C)O.Cc1cc(C(C)(C)C)cc(C)c1-c1cc2cnc(-c3[c-]ccc4c3oc3ccccc34)cc2s1.[Ir]. The molecule has 0 bridgehead atoms. The van der Waals surface area contributed by atoms with E-state index in [1.165, 1.54) is 57.1 Å². The van der Waals surface area contributed by atoms with E-state index >= 15 is 0 Å². The van der Waals surface area contributed by atoms with E-state index in [1.54, 1.807) is 0 Å². The Balaban J connectivity index is 0.000000454. The zero-order valence-corrected chi connectivity index (χ0v) is 28.1. The van der Waals surface area contributed by atoms with Crippen molar-refractivity contribution in [1.82, 2.24) is 4.98 Å². The second-order valence-electron chi connectivity index (χ2n) is 11.5. The molecule has 3 aromatic heterocycles. The molecule has 6 heteroatoms. The van der Waals surface area contributed by atoms with E-state index in [0.717, 1.165) is 33.2 Å². The van der Waals surface area contributed by atoms with Crippen LogP contribution in [0.5, 0.6) is 0 Å². The predicted molar refractivity (Wildman–Crippen MR) is 172 cm³/mol. The normalized spacial score (nSPS) is 11.8. The largest absolute Gasteiger partial charge is 0.512 e. The first-order valence-electron chi connectivity index (χ1n) is 13.6. The fourth-order valence-electron chi connectivity index (χ4n) is 5.15. The maximum atomic E-state index is 10.0. The van der Waals surface area contributed by atoms with Gasteiger partial charge in [0.15, 0.2) is 5.78 Å². The van der Waals surface area contributed by atoms with Gasteiger partial charge in [-0.15, -0.1) is 29.5 Å². The van der Waals surface area contributed by atoms with Crippen LogP contribution in [0.2, 0.25) is 0 Å². The zero-order valence-electron chi connectivity index (χ0n) is 24.9. The van der Waals surface area contributed by atoms with Gasteiger partial charge in [-0.25, -0.2) is 0 Å². The number of benzene rings is 3. The summed E-state index contributed by atoms with van der Waals surface area (Å²) in [5.41, 5.74) is 9.04. The van der Waals surface area contributed by atoms with Crippen molar-refractivity contribution in [1.29, 1.82) is 0 Å². The number of pyridine rings is 1. The van der Waals surface area contributed by atoms with Gasteiger partial charge in [0.25, 0.3) is 0 Å². The summed E-state index contributed by atoms with van der Waals surface area (Å²) in [5.74, 6) is -0.0625. The molecule has 0 fully saturated rings. The van der Waals surface area contributed by atoms with Gasteiger partial charge in [0.1, 0.15) is 5.58 Å². The monoisotopic (exact) mass is 753 g/mol. The van der Waals surface area contributed by atoms with Gasteiger partial charge >= 0.3 is 0 Å². The van der Waals surface area contributed by atoms with Gasteiger partial charge in [-0.05, 0) is 73.2 Å². The van der Waals surface area contributed by atoms with Crippen LogP contribution in [0.4, 0.5) is 0 Å². The van der Waals surface area contributed by atoms with Crippen molar-refractivity contribution in [2.24, 2.45) is 0 Å². The Hall–Kier alpha value is -3.57. The third kappa shape index (κ3) is 6.41. The van der Waals surface area contributed by atoms with Gasteiger partial charge in [-0.3, -0.25) is 4.79 Å². The second-order valence-corrected chi connectivity index (χ2v) is 12.6. The minimum Gasteiger partial charge on any atom is -0.512 e. The van der Waals surface area contributed by atoms with Gasteiger partial charge in [-0.1, -0.05) is 68.1 Å². The van der Waals surface area contributed by atoms with Crippen molar-refractivity contribution in [3.05, 3.63) is 101 Å². The van der Waals surface area contributed by atoms with Gasteiger partial charge in [-0.2, -0.15) is 0 Å². The Morgan fingerprint density at radius 3 is 2.31 bits per heavy atom. The number of rotatable bonds is 3. The molecule has 0 aliphatic carbocycles. The number of carbonyl (C=O) groups is 1. The quantitative estimate of drug-likeness (QED) is 0.111. The number of ketones is 1. The fraction of sp³-hybridized carbons (Fsp3) is 0.222. The van der Waals surface area contributed by atoms with Crippen molar-refractivity contribution in [3.63, 3.8) is 0 Å². The van der Waals surface area contributed by atoms with E-state index in [9.17, 15) is 4.79 Å². The molecule has 1 radical (unpaired) electrons. The smallest absolute Gasteiger partial charge is 0.155 e. The van der Waals surface area contributed by atoms with Gasteiger partial charge < -0.3 is 14.5 Å². The summed E-state index contributed by atoms with van der Waals surface area (Å²) in [6.07, 6.45) is 3.15. The number of furan rings is 1. The topological polar surface area (TPSA) is 63.3 Å². The van der Waals surface area contributed by atoms with E-state index < -0.39 is 0 Å². The molecule has 4 nitrogen and oxygen atoms in total. The average molecular weight is 753 g/mol. The molecule has 3 aromatic carbocycles. The summed E-state index contributed by atoms with van der Waals surface area (Å²) in [5, 5.41) is 11.8. The average Bonchev–Trinajstić information content (AvgIpc) is 3.48. The third-order valence-corrected chi connectivity index (χ3v) is 8.17. The summed E-state index contributed by atoms with van der Waals surface area (Å²) in [6, 6.07) is 24.7. The van der Waals surface area contributed by atoms with E-state index in [4.69, 9.17) is 14.5 Å². The van der Waals surface area contributed by atoms with Gasteiger partial charge in [0.2, 0.25) is 0 Å². The summed E-state index contributed by atoms with van der Waals surface area (Å²) >= 11 is 1.83. The number of aryl methyl sites for hydroxylation is 2. The van der Waals surface area contributed by atoms with Crippen molar-refractivity contribution >= 4 is 49.1 Å². The van der Waals surface area contributed by atoms with Crippen molar-refractivity contribution in [2.75, 3.05) is 0 Å². The first-order valence-corrected chi connectivity index (χ1v) is 14.5. The number of nitrogens with zero attached hydrogens (tertiary/aromatic N) is 1. The molecule has 0 aliphatic heterocycles. The Bertz CT molecular complexity index is 1930. The molecule has 3 heterocycles. The Labute approximate surface area is 264 Å². The maximum absolute atomic E-state index is 10.0. The number of fused-ring (bicyclic) bond motifs is 4. The number of thiophene rings is 1. The number of aromatic nitrogens is 1. The van der Waals surface area contributed by atoms with Gasteiger partial charge in [0, 0.05) is 52.7 Å². The summed E-state index contributed by atoms with van der Waals surface area (Å²) < 4.78 is 7.45. The van der Waals surface area contributed by atoms with E-state index in [-0.39, 0.29) is 37.1 Å². The molecule has 1 N–H and O–H groups in total. The maximum Gasteiger partial charge on any atom is 0.155 e. The molecular formula is C36H34IrNO3S-. The number of aliphatic hydroxyl groups is 1. The Morgan fingerprint density at radius 2 is 1.69 bits per heavy atom. The van der Waals surface area contributed by atoms with Crippen molar-refractivity contribution in [2.45, 2.75) is 53.9 Å². The molecule has 217 valence electrons. The molecule has 0 aliphatic rings. The number of hydrogen-bond acceptors (Lipinski definition) is 5. The van der Waals surface area contributed by atoms with Crippen LogP contribution in [0, 0.1) is 19.9 Å². The Morgan fingerprint density at radius 1 is 1.00 bits per heavy atom. The third-order valence-electron chi connectivity index (χ3n) is 7.05. The van der Waals surface area contributed by atoms with E-state index in [2.05, 4.69) is 77.1 Å². The molecule has 0 spiro atoms. The number of aliphatic hydroxyl groups excluding tert-OH is 1. The molecule has 6 aromatic rings. The van der Waals surface area contributed by atoms with Crippen LogP contribution in [0.3, 0.4) is 0 Å². The van der Waals surface area contributed by atoms with Crippen LogP contribution in [0.15, 0.2) is 83.1 Å². The van der Waals surface area contributed by atoms with E-state index in [1.807, 2.05) is 41.8 Å². The first kappa shape index (κ1) is 31.4. The van der Waals surface area contributed by atoms with Crippen LogP contribution < -0.4 is 0 Å². The Kier molecular flexibility index (Phi) is 9.22. The number of para-hydroxylation sites is 1. The predicted octanol–water partition coefficient (Wildman–Crippen LogP) is 10.3. The zero-order chi connectivity index (χ0) is 29.5. The van der Waals surface area contributed by atoms with Crippen molar-refractivity contribution < 1.29 is 34.4 Å². The minimum absolute atomic E-state index is 0. The van der Waals surface area contributed by atoms with Crippen LogP contribution >= 0.6 is 11.3 Å². The van der Waals surface area contributed by atoms with Crippen LogP contribution in [-0.2, 0) is 30.3 Å². The minimum atomic E-state index is -0.125. The molecule has 0 atom stereocenters. The fourth-order valence-corrected chi connectivity index (χ4v) is 6.40. The molecule has 0 saturated heterocycles. The van der Waals surface area contributed by atoms with E-state index in [0.29, 0.717) is 0 Å². The van der Waals surface area contributed by atoms with Crippen LogP contribution in [-0.4, -0.2) is 15.9 Å². The molecular weight excluding hydrogens is 719 g/mol. The molecule has 0 amide bonds. The van der Waals surface area contributed by atoms with Crippen molar-refractivity contribution in [3.8, 4) is 21.7 Å². The molecule has 0 unspecified atom stereocenters. The summed E-state index contributed by atoms with van der Waals surface area (Å²) in [7, 11) is 0. The van der Waals surface area contributed by atoms with Crippen LogP contribution in [0.1, 0.15) is 51.3 Å². The second kappa shape index (κ2) is 12.3. The van der Waals surface area contributed by atoms with Gasteiger partial charge in [0.05, 0.1) is 11.3 Å². The number of carbonyl (C=O) groups excluding carboxylic acids is 1. The van der Waals surface area contributed by atoms with Crippen LogP contribution in [0.25, 0.3) is 53.7 Å². The standard InChI is InChI=1S/C31H26NOS.C5H8O2.Ir/c1-18-13-21(31(3,4)5)14-19(2)29(18)28-15-20-17-32-25(16-27(20)34-28)24-11-8-10-23-22-9-6-7-12-26(22)33-30(23)24;1-4(6)3-5(2)7;/h6-10,12-17H,1-5H3;3,6H,1-2H3;/q-1;;/b;4-3-;. The first-order chi connectivity index (χ1) is 19.4. The summed E-state index contributed by atoms with van der Waals surface area (Å²) in [4.78, 5) is 16.1. The molecule has 6 rings (SSSR count).